The van der Waals surface area contributed by atoms with Gasteiger partial charge in [-0.1, -0.05) is 28.0 Å². The Bertz CT molecular complexity index is 630. The summed E-state index contributed by atoms with van der Waals surface area (Å²) in [6.45, 7) is 5.50. The molecule has 0 spiro atoms. The van der Waals surface area contributed by atoms with E-state index in [0.717, 1.165) is 21.3 Å². The van der Waals surface area contributed by atoms with Gasteiger partial charge in [-0.2, -0.15) is 0 Å². The van der Waals surface area contributed by atoms with E-state index in [1.54, 1.807) is 13.0 Å². The van der Waals surface area contributed by atoms with Crippen LogP contribution in [0.25, 0.3) is 11.1 Å². The van der Waals surface area contributed by atoms with Crippen molar-refractivity contribution in [3.05, 3.63) is 43.7 Å². The number of rotatable bonds is 3. The molecule has 1 heterocycles. The van der Waals surface area contributed by atoms with Crippen molar-refractivity contribution >= 4 is 21.6 Å². The van der Waals surface area contributed by atoms with Crippen LogP contribution < -0.4 is 0 Å². The Morgan fingerprint density at radius 1 is 1.42 bits per heavy atom. The third-order valence-corrected chi connectivity index (χ3v) is 3.75. The molecule has 1 aromatic carbocycles. The fourth-order valence-corrected chi connectivity index (χ4v) is 2.90. The minimum Gasteiger partial charge on any atom is -0.361 e. The molecule has 1 aromatic heterocycles. The maximum absolute atomic E-state index is 11.2. The summed E-state index contributed by atoms with van der Waals surface area (Å²) in [5, 5.41) is 15.0. The zero-order valence-electron chi connectivity index (χ0n) is 10.9. The van der Waals surface area contributed by atoms with Crippen molar-refractivity contribution in [3.63, 3.8) is 0 Å². The maximum atomic E-state index is 11.2. The predicted molar refractivity (Wildman–Crippen MR) is 75.1 cm³/mol. The molecule has 0 aliphatic heterocycles. The van der Waals surface area contributed by atoms with Crippen molar-refractivity contribution in [3.8, 4) is 11.1 Å². The van der Waals surface area contributed by atoms with Crippen molar-refractivity contribution in [2.24, 2.45) is 0 Å². The van der Waals surface area contributed by atoms with Crippen molar-refractivity contribution < 1.29 is 9.45 Å². The molecule has 0 bridgehead atoms. The minimum absolute atomic E-state index is 0.117. The molecular weight excluding hydrogens is 312 g/mol. The number of hydrogen-bond donors (Lipinski definition) is 0. The smallest absolute Gasteiger partial charge is 0.274 e. The summed E-state index contributed by atoms with van der Waals surface area (Å²) in [7, 11) is 0. The van der Waals surface area contributed by atoms with Crippen LogP contribution in [0.15, 0.2) is 21.1 Å². The zero-order chi connectivity index (χ0) is 14.2. The molecule has 0 saturated heterocycles. The number of aromatic nitrogens is 1. The van der Waals surface area contributed by atoms with Gasteiger partial charge < -0.3 is 4.52 Å². The number of hydrogen-bond acceptors (Lipinski definition) is 4. The Morgan fingerprint density at radius 2 is 2.11 bits per heavy atom. The Hall–Kier alpha value is -1.69. The first kappa shape index (κ1) is 13.7. The number of nitro benzene ring substituents is 1. The van der Waals surface area contributed by atoms with E-state index in [2.05, 4.69) is 21.1 Å². The van der Waals surface area contributed by atoms with Gasteiger partial charge in [0, 0.05) is 21.7 Å². The number of halogens is 1. The molecule has 5 nitrogen and oxygen atoms in total. The largest absolute Gasteiger partial charge is 0.361 e. The number of nitrogens with zero attached hydrogens (tertiary/aromatic N) is 2. The third kappa shape index (κ3) is 2.40. The summed E-state index contributed by atoms with van der Waals surface area (Å²) in [4.78, 5) is 10.8. The van der Waals surface area contributed by atoms with Crippen molar-refractivity contribution in [1.82, 2.24) is 5.16 Å². The molecule has 6 heteroatoms. The lowest BCUT2D eigenvalue weighted by Gasteiger charge is -2.07. The topological polar surface area (TPSA) is 69.2 Å². The van der Waals surface area contributed by atoms with Gasteiger partial charge in [0.2, 0.25) is 0 Å². The minimum atomic E-state index is -0.356. The fourth-order valence-electron chi connectivity index (χ4n) is 2.17. The van der Waals surface area contributed by atoms with Gasteiger partial charge in [-0.05, 0) is 31.9 Å². The molecule has 2 rings (SSSR count). The van der Waals surface area contributed by atoms with Gasteiger partial charge in [0.1, 0.15) is 5.76 Å². The molecule has 0 N–H and O–H groups in total. The normalized spacial score (nSPS) is 10.7. The zero-order valence-corrected chi connectivity index (χ0v) is 12.4. The quantitative estimate of drug-likeness (QED) is 0.627. The van der Waals surface area contributed by atoms with Gasteiger partial charge in [-0.3, -0.25) is 10.1 Å². The van der Waals surface area contributed by atoms with E-state index >= 15 is 0 Å². The SMILES string of the molecule is CCc1c(Br)cc(-c2c(C)noc2C)cc1[N+](=O)[O-]. The summed E-state index contributed by atoms with van der Waals surface area (Å²) in [6.07, 6.45) is 0.596. The third-order valence-electron chi connectivity index (χ3n) is 3.04. The van der Waals surface area contributed by atoms with Crippen molar-refractivity contribution in [2.75, 3.05) is 0 Å². The number of nitro groups is 1. The van der Waals surface area contributed by atoms with E-state index in [9.17, 15) is 10.1 Å². The van der Waals surface area contributed by atoms with E-state index in [1.807, 2.05) is 19.9 Å². The lowest BCUT2D eigenvalue weighted by Crippen LogP contribution is -1.97. The molecule has 0 atom stereocenters. The molecule has 0 amide bonds. The molecule has 0 aliphatic carbocycles. The van der Waals surface area contributed by atoms with Crippen LogP contribution in [0.1, 0.15) is 23.9 Å². The summed E-state index contributed by atoms with van der Waals surface area (Å²) in [5.41, 5.74) is 3.09. The van der Waals surface area contributed by atoms with Crippen LogP contribution in [0, 0.1) is 24.0 Å². The van der Waals surface area contributed by atoms with E-state index in [4.69, 9.17) is 4.52 Å². The highest BCUT2D eigenvalue weighted by Gasteiger charge is 2.20. The number of aryl methyl sites for hydroxylation is 2. The molecule has 2 aromatic rings. The van der Waals surface area contributed by atoms with Crippen LogP contribution >= 0.6 is 15.9 Å². The van der Waals surface area contributed by atoms with Gasteiger partial charge in [0.25, 0.3) is 5.69 Å². The fraction of sp³-hybridized carbons (Fsp3) is 0.308. The first-order valence-electron chi connectivity index (χ1n) is 5.85. The lowest BCUT2D eigenvalue weighted by molar-refractivity contribution is -0.385. The first-order valence-corrected chi connectivity index (χ1v) is 6.65. The predicted octanol–water partition coefficient (Wildman–Crippen LogP) is 4.19. The molecule has 0 unspecified atom stereocenters. The second kappa shape index (κ2) is 5.13. The van der Waals surface area contributed by atoms with E-state index < -0.39 is 0 Å². The highest BCUT2D eigenvalue weighted by Crippen LogP contribution is 2.36. The highest BCUT2D eigenvalue weighted by molar-refractivity contribution is 9.10. The van der Waals surface area contributed by atoms with Crippen LogP contribution in [0.5, 0.6) is 0 Å². The first-order chi connectivity index (χ1) is 8.95. The molecular formula is C13H13BrN2O3. The van der Waals surface area contributed by atoms with Crippen LogP contribution in [0.3, 0.4) is 0 Å². The van der Waals surface area contributed by atoms with Gasteiger partial charge in [0.15, 0.2) is 0 Å². The van der Waals surface area contributed by atoms with E-state index in [-0.39, 0.29) is 10.6 Å². The molecule has 100 valence electrons. The van der Waals surface area contributed by atoms with Crippen molar-refractivity contribution in [1.29, 1.82) is 0 Å². The van der Waals surface area contributed by atoms with E-state index in [1.165, 1.54) is 0 Å². The average Bonchev–Trinajstić information content (AvgIpc) is 2.68. The van der Waals surface area contributed by atoms with Gasteiger partial charge in [-0.15, -0.1) is 0 Å². The maximum Gasteiger partial charge on any atom is 0.274 e. The Morgan fingerprint density at radius 3 is 2.58 bits per heavy atom. The van der Waals surface area contributed by atoms with Crippen LogP contribution in [0.2, 0.25) is 0 Å². The van der Waals surface area contributed by atoms with Gasteiger partial charge >= 0.3 is 0 Å². The van der Waals surface area contributed by atoms with Gasteiger partial charge in [-0.25, -0.2) is 0 Å². The van der Waals surface area contributed by atoms with Crippen LogP contribution in [-0.2, 0) is 6.42 Å². The summed E-state index contributed by atoms with van der Waals surface area (Å²) >= 11 is 3.41. The van der Waals surface area contributed by atoms with Gasteiger partial charge in [0.05, 0.1) is 10.6 Å². The molecule has 0 fully saturated rings. The lowest BCUT2D eigenvalue weighted by atomic mass is 10.0. The molecule has 19 heavy (non-hydrogen) atoms. The molecule has 0 saturated carbocycles. The Balaban J connectivity index is 2.70. The Labute approximate surface area is 118 Å². The average molecular weight is 325 g/mol. The monoisotopic (exact) mass is 324 g/mol. The molecule has 0 aliphatic rings. The number of benzene rings is 1. The summed E-state index contributed by atoms with van der Waals surface area (Å²) < 4.78 is 5.85. The highest BCUT2D eigenvalue weighted by atomic mass is 79.9. The van der Waals surface area contributed by atoms with Crippen molar-refractivity contribution in [2.45, 2.75) is 27.2 Å². The standard InChI is InChI=1S/C13H13BrN2O3/c1-4-10-11(14)5-9(6-12(10)16(17)18)13-7(2)15-19-8(13)3/h5-6H,4H2,1-3H3. The summed E-state index contributed by atoms with van der Waals surface area (Å²) in [5.74, 6) is 0.656. The van der Waals surface area contributed by atoms with Crippen LogP contribution in [0.4, 0.5) is 5.69 Å². The second-order valence-electron chi connectivity index (χ2n) is 4.27. The van der Waals surface area contributed by atoms with Crippen LogP contribution in [-0.4, -0.2) is 10.1 Å². The summed E-state index contributed by atoms with van der Waals surface area (Å²) in [6, 6.07) is 3.45. The Kier molecular flexibility index (Phi) is 3.71. The molecule has 0 radical (unpaired) electrons. The van der Waals surface area contributed by atoms with E-state index in [0.29, 0.717) is 17.7 Å². The second-order valence-corrected chi connectivity index (χ2v) is 5.12.